The molecule has 1 aromatic carbocycles. The molecule has 4 nitrogen and oxygen atoms in total. The standard InChI is InChI=1S/C15H15N3O/c1-10-6-13(9-16-8-10)18-15(19)12-3-2-11-4-5-17-14(11)7-12/h2-3,6-9,17H,4-5H2,1H3,(H,18,19). The van der Waals surface area contributed by atoms with E-state index in [9.17, 15) is 4.79 Å². The molecule has 2 heterocycles. The van der Waals surface area contributed by atoms with E-state index in [0.29, 0.717) is 5.56 Å². The van der Waals surface area contributed by atoms with Crippen molar-refractivity contribution in [3.05, 3.63) is 53.3 Å². The fourth-order valence-electron chi connectivity index (χ4n) is 2.26. The number of pyridine rings is 1. The minimum absolute atomic E-state index is 0.107. The van der Waals surface area contributed by atoms with E-state index >= 15 is 0 Å². The Morgan fingerprint density at radius 2 is 2.21 bits per heavy atom. The average molecular weight is 253 g/mol. The Morgan fingerprint density at radius 1 is 1.32 bits per heavy atom. The highest BCUT2D eigenvalue weighted by Crippen LogP contribution is 2.23. The number of hydrogen-bond donors (Lipinski definition) is 2. The van der Waals surface area contributed by atoms with Gasteiger partial charge in [0.05, 0.1) is 11.9 Å². The van der Waals surface area contributed by atoms with E-state index in [1.807, 2.05) is 31.2 Å². The summed E-state index contributed by atoms with van der Waals surface area (Å²) in [6.45, 7) is 2.89. The maximum Gasteiger partial charge on any atom is 0.255 e. The Balaban J connectivity index is 1.81. The van der Waals surface area contributed by atoms with Gasteiger partial charge in [-0.1, -0.05) is 6.07 Å². The van der Waals surface area contributed by atoms with Crippen LogP contribution in [0.5, 0.6) is 0 Å². The molecule has 96 valence electrons. The molecular weight excluding hydrogens is 238 g/mol. The zero-order valence-corrected chi connectivity index (χ0v) is 10.7. The second kappa shape index (κ2) is 4.72. The first-order valence-corrected chi connectivity index (χ1v) is 6.32. The Bertz CT molecular complexity index is 637. The first-order chi connectivity index (χ1) is 9.22. The number of nitrogens with one attached hydrogen (secondary N) is 2. The van der Waals surface area contributed by atoms with Crippen molar-refractivity contribution in [2.75, 3.05) is 17.2 Å². The highest BCUT2D eigenvalue weighted by molar-refractivity contribution is 6.04. The van der Waals surface area contributed by atoms with Gasteiger partial charge >= 0.3 is 0 Å². The SMILES string of the molecule is Cc1cncc(NC(=O)c2ccc3c(c2)NCC3)c1. The topological polar surface area (TPSA) is 54.0 Å². The largest absolute Gasteiger partial charge is 0.384 e. The molecule has 0 unspecified atom stereocenters. The molecule has 1 aliphatic rings. The van der Waals surface area contributed by atoms with Crippen LogP contribution in [0, 0.1) is 6.92 Å². The molecule has 3 rings (SSSR count). The van der Waals surface area contributed by atoms with E-state index in [1.165, 1.54) is 5.56 Å². The molecule has 0 atom stereocenters. The van der Waals surface area contributed by atoms with Crippen LogP contribution in [0.25, 0.3) is 0 Å². The van der Waals surface area contributed by atoms with Gasteiger partial charge in [-0.2, -0.15) is 0 Å². The molecule has 0 saturated carbocycles. The zero-order valence-electron chi connectivity index (χ0n) is 10.7. The molecular formula is C15H15N3O. The van der Waals surface area contributed by atoms with Crippen molar-refractivity contribution in [3.8, 4) is 0 Å². The normalized spacial score (nSPS) is 12.7. The van der Waals surface area contributed by atoms with E-state index in [-0.39, 0.29) is 5.91 Å². The van der Waals surface area contributed by atoms with E-state index in [4.69, 9.17) is 0 Å². The van der Waals surface area contributed by atoms with Crippen LogP contribution < -0.4 is 10.6 Å². The number of carbonyl (C=O) groups excluding carboxylic acids is 1. The fourth-order valence-corrected chi connectivity index (χ4v) is 2.26. The first-order valence-electron chi connectivity index (χ1n) is 6.32. The molecule has 2 aromatic rings. The number of anilines is 2. The summed E-state index contributed by atoms with van der Waals surface area (Å²) in [6, 6.07) is 7.68. The van der Waals surface area contributed by atoms with E-state index in [2.05, 4.69) is 15.6 Å². The predicted molar refractivity (Wildman–Crippen MR) is 75.6 cm³/mol. The molecule has 0 saturated heterocycles. The van der Waals surface area contributed by atoms with Crippen molar-refractivity contribution < 1.29 is 4.79 Å². The lowest BCUT2D eigenvalue weighted by atomic mass is 10.1. The fraction of sp³-hybridized carbons (Fsp3) is 0.200. The molecule has 0 radical (unpaired) electrons. The lowest BCUT2D eigenvalue weighted by molar-refractivity contribution is 0.102. The van der Waals surface area contributed by atoms with Crippen LogP contribution in [-0.2, 0) is 6.42 Å². The van der Waals surface area contributed by atoms with E-state index in [1.54, 1.807) is 12.4 Å². The van der Waals surface area contributed by atoms with Gasteiger partial charge in [-0.3, -0.25) is 9.78 Å². The van der Waals surface area contributed by atoms with Gasteiger partial charge in [0.1, 0.15) is 0 Å². The lowest BCUT2D eigenvalue weighted by Gasteiger charge is -2.07. The molecule has 0 bridgehead atoms. The third kappa shape index (κ3) is 2.42. The monoisotopic (exact) mass is 253 g/mol. The third-order valence-electron chi connectivity index (χ3n) is 3.21. The molecule has 2 N–H and O–H groups in total. The Morgan fingerprint density at radius 3 is 3.05 bits per heavy atom. The van der Waals surface area contributed by atoms with Gasteiger partial charge in [-0.25, -0.2) is 0 Å². The third-order valence-corrected chi connectivity index (χ3v) is 3.21. The summed E-state index contributed by atoms with van der Waals surface area (Å²) >= 11 is 0. The summed E-state index contributed by atoms with van der Waals surface area (Å²) in [7, 11) is 0. The molecule has 4 heteroatoms. The summed E-state index contributed by atoms with van der Waals surface area (Å²) in [6.07, 6.45) is 4.44. The molecule has 19 heavy (non-hydrogen) atoms. The van der Waals surface area contributed by atoms with E-state index in [0.717, 1.165) is 29.9 Å². The maximum atomic E-state index is 12.2. The zero-order chi connectivity index (χ0) is 13.2. The summed E-state index contributed by atoms with van der Waals surface area (Å²) in [5.41, 5.74) is 4.74. The number of aromatic nitrogens is 1. The summed E-state index contributed by atoms with van der Waals surface area (Å²) in [4.78, 5) is 16.2. The van der Waals surface area contributed by atoms with Crippen molar-refractivity contribution in [3.63, 3.8) is 0 Å². The molecule has 0 spiro atoms. The summed E-state index contributed by atoms with van der Waals surface area (Å²) < 4.78 is 0. The van der Waals surface area contributed by atoms with Gasteiger partial charge in [0, 0.05) is 24.0 Å². The average Bonchev–Trinajstić information content (AvgIpc) is 2.85. The van der Waals surface area contributed by atoms with Crippen LogP contribution in [0.4, 0.5) is 11.4 Å². The molecule has 1 aromatic heterocycles. The van der Waals surface area contributed by atoms with Gasteiger partial charge in [0.15, 0.2) is 0 Å². The summed E-state index contributed by atoms with van der Waals surface area (Å²) in [5.74, 6) is -0.107. The molecule has 0 fully saturated rings. The van der Waals surface area contributed by atoms with Gasteiger partial charge in [-0.05, 0) is 42.7 Å². The van der Waals surface area contributed by atoms with Crippen LogP contribution >= 0.6 is 0 Å². The maximum absolute atomic E-state index is 12.2. The van der Waals surface area contributed by atoms with Crippen molar-refractivity contribution in [1.82, 2.24) is 4.98 Å². The van der Waals surface area contributed by atoms with Crippen LogP contribution in [0.2, 0.25) is 0 Å². The minimum atomic E-state index is -0.107. The van der Waals surface area contributed by atoms with Crippen LogP contribution in [-0.4, -0.2) is 17.4 Å². The van der Waals surface area contributed by atoms with Gasteiger partial charge < -0.3 is 10.6 Å². The Hall–Kier alpha value is -2.36. The smallest absolute Gasteiger partial charge is 0.255 e. The minimum Gasteiger partial charge on any atom is -0.384 e. The molecule has 1 amide bonds. The summed E-state index contributed by atoms with van der Waals surface area (Å²) in [5, 5.41) is 6.14. The predicted octanol–water partition coefficient (Wildman–Crippen LogP) is 2.61. The van der Waals surface area contributed by atoms with Crippen molar-refractivity contribution in [2.45, 2.75) is 13.3 Å². The Labute approximate surface area is 111 Å². The van der Waals surface area contributed by atoms with Crippen molar-refractivity contribution in [1.29, 1.82) is 0 Å². The second-order valence-corrected chi connectivity index (χ2v) is 4.75. The number of rotatable bonds is 2. The van der Waals surface area contributed by atoms with Crippen LogP contribution in [0.3, 0.4) is 0 Å². The number of aryl methyl sites for hydroxylation is 1. The number of nitrogens with zero attached hydrogens (tertiary/aromatic N) is 1. The van der Waals surface area contributed by atoms with Gasteiger partial charge in [0.25, 0.3) is 5.91 Å². The first kappa shape index (κ1) is 11.7. The number of amides is 1. The molecule has 1 aliphatic heterocycles. The highest BCUT2D eigenvalue weighted by atomic mass is 16.1. The number of hydrogen-bond acceptors (Lipinski definition) is 3. The lowest BCUT2D eigenvalue weighted by Crippen LogP contribution is -2.12. The number of fused-ring (bicyclic) bond motifs is 1. The Kier molecular flexibility index (Phi) is 2.91. The van der Waals surface area contributed by atoms with Crippen molar-refractivity contribution >= 4 is 17.3 Å². The van der Waals surface area contributed by atoms with Crippen LogP contribution in [0.1, 0.15) is 21.5 Å². The number of benzene rings is 1. The van der Waals surface area contributed by atoms with Gasteiger partial charge in [-0.15, -0.1) is 0 Å². The number of carbonyl (C=O) groups is 1. The van der Waals surface area contributed by atoms with Crippen LogP contribution in [0.15, 0.2) is 36.7 Å². The highest BCUT2D eigenvalue weighted by Gasteiger charge is 2.13. The second-order valence-electron chi connectivity index (χ2n) is 4.75. The quantitative estimate of drug-likeness (QED) is 0.865. The molecule has 0 aliphatic carbocycles. The van der Waals surface area contributed by atoms with Gasteiger partial charge in [0.2, 0.25) is 0 Å². The van der Waals surface area contributed by atoms with E-state index < -0.39 is 0 Å². The van der Waals surface area contributed by atoms with Crippen molar-refractivity contribution in [2.24, 2.45) is 0 Å².